The molecule has 0 fully saturated rings. The van der Waals surface area contributed by atoms with Gasteiger partial charge in [0.15, 0.2) is 5.16 Å². The number of hydrogen-bond donors (Lipinski definition) is 0. The standard InChI is InChI=1S/C10H10N2O2S/c1-14-9(13)7-15-10-11-6-8-4-2-3-5-12(8)10/h2-6H,7H2,1H3. The maximum absolute atomic E-state index is 11.0. The van der Waals surface area contributed by atoms with Crippen molar-refractivity contribution in [1.82, 2.24) is 9.38 Å². The van der Waals surface area contributed by atoms with E-state index in [0.717, 1.165) is 10.7 Å². The van der Waals surface area contributed by atoms with E-state index in [0.29, 0.717) is 0 Å². The highest BCUT2D eigenvalue weighted by atomic mass is 32.2. The van der Waals surface area contributed by atoms with Gasteiger partial charge in [-0.3, -0.25) is 9.20 Å². The van der Waals surface area contributed by atoms with Crippen LogP contribution in [0.3, 0.4) is 0 Å². The molecule has 0 aliphatic heterocycles. The number of esters is 1. The van der Waals surface area contributed by atoms with E-state index < -0.39 is 0 Å². The van der Waals surface area contributed by atoms with E-state index in [9.17, 15) is 4.79 Å². The van der Waals surface area contributed by atoms with Gasteiger partial charge in [-0.05, 0) is 12.1 Å². The van der Waals surface area contributed by atoms with Gasteiger partial charge >= 0.3 is 5.97 Å². The summed E-state index contributed by atoms with van der Waals surface area (Å²) in [6, 6.07) is 5.85. The van der Waals surface area contributed by atoms with Crippen molar-refractivity contribution in [2.75, 3.05) is 12.9 Å². The summed E-state index contributed by atoms with van der Waals surface area (Å²) in [7, 11) is 1.38. The minimum atomic E-state index is -0.243. The van der Waals surface area contributed by atoms with Crippen LogP contribution in [0.4, 0.5) is 0 Å². The fourth-order valence-corrected chi connectivity index (χ4v) is 2.01. The van der Waals surface area contributed by atoms with Crippen LogP contribution in [0.2, 0.25) is 0 Å². The van der Waals surface area contributed by atoms with Gasteiger partial charge in [-0.15, -0.1) is 0 Å². The lowest BCUT2D eigenvalue weighted by atomic mass is 10.4. The summed E-state index contributed by atoms with van der Waals surface area (Å²) in [4.78, 5) is 15.2. The van der Waals surface area contributed by atoms with Crippen molar-refractivity contribution in [3.8, 4) is 0 Å². The molecule has 0 amide bonds. The van der Waals surface area contributed by atoms with Gasteiger partial charge in [-0.1, -0.05) is 17.8 Å². The molecule has 78 valence electrons. The number of nitrogens with zero attached hydrogens (tertiary/aromatic N) is 2. The Kier molecular flexibility index (Phi) is 2.91. The molecule has 0 bridgehead atoms. The number of pyridine rings is 1. The minimum Gasteiger partial charge on any atom is -0.468 e. The highest BCUT2D eigenvalue weighted by Gasteiger charge is 2.06. The molecule has 2 aromatic heterocycles. The molecule has 0 unspecified atom stereocenters. The molecule has 0 N–H and O–H groups in total. The number of carbonyl (C=O) groups is 1. The molecule has 2 rings (SSSR count). The highest BCUT2D eigenvalue weighted by Crippen LogP contribution is 2.17. The monoisotopic (exact) mass is 222 g/mol. The summed E-state index contributed by atoms with van der Waals surface area (Å²) in [5.41, 5.74) is 1.02. The number of imidazole rings is 1. The van der Waals surface area contributed by atoms with Gasteiger partial charge in [-0.2, -0.15) is 0 Å². The molecule has 0 spiro atoms. The molecular formula is C10H10N2O2S. The van der Waals surface area contributed by atoms with Crippen LogP contribution < -0.4 is 0 Å². The molecular weight excluding hydrogens is 212 g/mol. The second-order valence-electron chi connectivity index (χ2n) is 2.90. The van der Waals surface area contributed by atoms with Crippen LogP contribution >= 0.6 is 11.8 Å². The molecule has 0 atom stereocenters. The number of rotatable bonds is 3. The molecule has 0 aromatic carbocycles. The first-order valence-corrected chi connectivity index (χ1v) is 5.41. The highest BCUT2D eigenvalue weighted by molar-refractivity contribution is 7.99. The average molecular weight is 222 g/mol. The van der Waals surface area contributed by atoms with Crippen LogP contribution in [-0.2, 0) is 9.53 Å². The van der Waals surface area contributed by atoms with Crippen LogP contribution in [0.15, 0.2) is 35.7 Å². The van der Waals surface area contributed by atoms with Crippen molar-refractivity contribution < 1.29 is 9.53 Å². The number of ether oxygens (including phenoxy) is 1. The van der Waals surface area contributed by atoms with E-state index >= 15 is 0 Å². The molecule has 2 heterocycles. The van der Waals surface area contributed by atoms with Gasteiger partial charge in [0.05, 0.1) is 24.6 Å². The fraction of sp³-hybridized carbons (Fsp3) is 0.200. The SMILES string of the molecule is COC(=O)CSc1ncc2ccccn12. The largest absolute Gasteiger partial charge is 0.468 e. The van der Waals surface area contributed by atoms with Crippen molar-refractivity contribution >= 4 is 23.2 Å². The second-order valence-corrected chi connectivity index (χ2v) is 3.84. The predicted molar refractivity (Wildman–Crippen MR) is 57.9 cm³/mol. The van der Waals surface area contributed by atoms with E-state index in [4.69, 9.17) is 0 Å². The molecule has 4 nitrogen and oxygen atoms in total. The fourth-order valence-electron chi connectivity index (χ4n) is 1.21. The number of carbonyl (C=O) groups excluding carboxylic acids is 1. The van der Waals surface area contributed by atoms with Crippen molar-refractivity contribution in [3.63, 3.8) is 0 Å². The summed E-state index contributed by atoms with van der Waals surface area (Å²) in [6.45, 7) is 0. The van der Waals surface area contributed by atoms with E-state index in [1.54, 1.807) is 6.20 Å². The zero-order valence-corrected chi connectivity index (χ0v) is 9.03. The number of fused-ring (bicyclic) bond motifs is 1. The lowest BCUT2D eigenvalue weighted by Gasteiger charge is -1.99. The van der Waals surface area contributed by atoms with Gasteiger partial charge in [0.1, 0.15) is 0 Å². The summed E-state index contributed by atoms with van der Waals surface area (Å²) in [5.74, 6) is 0.0394. The summed E-state index contributed by atoms with van der Waals surface area (Å²) < 4.78 is 6.50. The number of methoxy groups -OCH3 is 1. The quantitative estimate of drug-likeness (QED) is 0.584. The first kappa shape index (κ1) is 10.0. The summed E-state index contributed by atoms with van der Waals surface area (Å²) in [6.07, 6.45) is 3.70. The second kappa shape index (κ2) is 4.35. The van der Waals surface area contributed by atoms with Gasteiger partial charge in [0, 0.05) is 6.20 Å². The van der Waals surface area contributed by atoms with Crippen LogP contribution in [-0.4, -0.2) is 28.2 Å². The Labute approximate surface area is 91.3 Å². The zero-order chi connectivity index (χ0) is 10.7. The maximum atomic E-state index is 11.0. The Hall–Kier alpha value is -1.49. The van der Waals surface area contributed by atoms with Crippen LogP contribution in [0.1, 0.15) is 0 Å². The van der Waals surface area contributed by atoms with E-state index in [1.165, 1.54) is 18.9 Å². The normalized spacial score (nSPS) is 10.5. The van der Waals surface area contributed by atoms with Crippen LogP contribution in [0.5, 0.6) is 0 Å². The Morgan fingerprint density at radius 1 is 1.60 bits per heavy atom. The first-order valence-electron chi connectivity index (χ1n) is 4.43. The molecule has 15 heavy (non-hydrogen) atoms. The summed E-state index contributed by atoms with van der Waals surface area (Å²) in [5, 5.41) is 0.802. The molecule has 0 aliphatic carbocycles. The number of thioether (sulfide) groups is 1. The minimum absolute atomic E-state index is 0.243. The van der Waals surface area contributed by atoms with Gasteiger partial charge in [0.2, 0.25) is 0 Å². The van der Waals surface area contributed by atoms with Crippen molar-refractivity contribution in [2.24, 2.45) is 0 Å². The Bertz CT molecular complexity index is 481. The van der Waals surface area contributed by atoms with Gasteiger partial charge in [0.25, 0.3) is 0 Å². The third kappa shape index (κ3) is 2.12. The van der Waals surface area contributed by atoms with E-state index in [1.807, 2.05) is 28.8 Å². The molecule has 0 saturated heterocycles. The maximum Gasteiger partial charge on any atom is 0.316 e. The first-order chi connectivity index (χ1) is 7.31. The Morgan fingerprint density at radius 3 is 3.27 bits per heavy atom. The molecule has 0 saturated carbocycles. The van der Waals surface area contributed by atoms with Crippen LogP contribution in [0.25, 0.3) is 5.52 Å². The van der Waals surface area contributed by atoms with Gasteiger partial charge < -0.3 is 4.74 Å². The molecule has 2 aromatic rings. The Balaban J connectivity index is 2.18. The van der Waals surface area contributed by atoms with Crippen molar-refractivity contribution in [3.05, 3.63) is 30.6 Å². The zero-order valence-electron chi connectivity index (χ0n) is 8.21. The molecule has 0 aliphatic rings. The number of aromatic nitrogens is 2. The molecule has 0 radical (unpaired) electrons. The number of hydrogen-bond acceptors (Lipinski definition) is 4. The third-order valence-corrected chi connectivity index (χ3v) is 2.89. The van der Waals surface area contributed by atoms with Crippen LogP contribution in [0, 0.1) is 0 Å². The lowest BCUT2D eigenvalue weighted by molar-refractivity contribution is -0.137. The van der Waals surface area contributed by atoms with Crippen molar-refractivity contribution in [2.45, 2.75) is 5.16 Å². The van der Waals surface area contributed by atoms with E-state index in [-0.39, 0.29) is 11.7 Å². The lowest BCUT2D eigenvalue weighted by Crippen LogP contribution is -2.03. The van der Waals surface area contributed by atoms with E-state index in [2.05, 4.69) is 9.72 Å². The molecule has 5 heteroatoms. The topological polar surface area (TPSA) is 43.6 Å². The van der Waals surface area contributed by atoms with Gasteiger partial charge in [-0.25, -0.2) is 4.98 Å². The summed E-state index contributed by atoms with van der Waals surface area (Å²) >= 11 is 1.37. The average Bonchev–Trinajstić information content (AvgIpc) is 2.69. The smallest absolute Gasteiger partial charge is 0.316 e. The van der Waals surface area contributed by atoms with Crippen molar-refractivity contribution in [1.29, 1.82) is 0 Å². The Morgan fingerprint density at radius 2 is 2.47 bits per heavy atom. The predicted octanol–water partition coefficient (Wildman–Crippen LogP) is 1.60. The third-order valence-electron chi connectivity index (χ3n) is 1.95.